The van der Waals surface area contributed by atoms with Gasteiger partial charge in [-0.25, -0.2) is 8.78 Å². The molecule has 1 atom stereocenters. The lowest BCUT2D eigenvalue weighted by Gasteiger charge is -2.31. The second-order valence-corrected chi connectivity index (χ2v) is 6.35. The molecule has 2 aromatic rings. The van der Waals surface area contributed by atoms with Crippen LogP contribution in [0.2, 0.25) is 0 Å². The lowest BCUT2D eigenvalue weighted by atomic mass is 10.1. The highest BCUT2D eigenvalue weighted by molar-refractivity contribution is 5.67. The molecule has 1 saturated carbocycles. The Morgan fingerprint density at radius 2 is 1.88 bits per heavy atom. The maximum atomic E-state index is 13.7. The van der Waals surface area contributed by atoms with Gasteiger partial charge >= 0.3 is 6.18 Å². The van der Waals surface area contributed by atoms with Crippen molar-refractivity contribution in [1.82, 2.24) is 14.6 Å². The van der Waals surface area contributed by atoms with Gasteiger partial charge in [0.05, 0.1) is 18.9 Å². The molecule has 0 unspecified atom stereocenters. The predicted molar refractivity (Wildman–Crippen MR) is 77.8 cm³/mol. The van der Waals surface area contributed by atoms with E-state index in [9.17, 15) is 22.0 Å². The van der Waals surface area contributed by atoms with E-state index in [1.807, 2.05) is 0 Å². The Hall–Kier alpha value is -1.97. The number of fused-ring (bicyclic) bond motifs is 1. The highest BCUT2D eigenvalue weighted by Crippen LogP contribution is 2.50. The van der Waals surface area contributed by atoms with Crippen LogP contribution in [0.5, 0.6) is 0 Å². The summed E-state index contributed by atoms with van der Waals surface area (Å²) in [6, 6.07) is 1.35. The van der Waals surface area contributed by atoms with Crippen molar-refractivity contribution in [1.29, 1.82) is 0 Å². The third-order valence-electron chi connectivity index (χ3n) is 4.65. The van der Waals surface area contributed by atoms with E-state index < -0.39 is 23.6 Å². The van der Waals surface area contributed by atoms with Gasteiger partial charge in [-0.15, -0.1) is 10.2 Å². The van der Waals surface area contributed by atoms with Gasteiger partial charge in [0.1, 0.15) is 11.4 Å². The Morgan fingerprint density at radius 1 is 1.20 bits per heavy atom. The minimum atomic E-state index is -4.63. The normalized spacial score (nSPS) is 23.2. The largest absolute Gasteiger partial charge is 0.422 e. The standard InChI is InChI=1S/C15H15F5N4O/c16-14(17)8-9(14)7-11-21-22-13-12(15(18,19)20)10(1-2-24(11)13)23-3-5-25-6-4-23/h1-2,9H,3-8H2/t9-/m1/s1. The minimum absolute atomic E-state index is 0.0130. The van der Waals surface area contributed by atoms with Crippen LogP contribution in [0, 0.1) is 5.92 Å². The third kappa shape index (κ3) is 2.92. The number of halogens is 5. The van der Waals surface area contributed by atoms with E-state index >= 15 is 0 Å². The van der Waals surface area contributed by atoms with Gasteiger partial charge in [0.2, 0.25) is 0 Å². The van der Waals surface area contributed by atoms with Gasteiger partial charge in [-0.05, 0) is 6.07 Å². The average Bonchev–Trinajstić information content (AvgIpc) is 2.97. The fourth-order valence-electron chi connectivity index (χ4n) is 3.18. The molecule has 2 fully saturated rings. The summed E-state index contributed by atoms with van der Waals surface area (Å²) in [6.07, 6.45) is -3.57. The topological polar surface area (TPSA) is 42.7 Å². The first-order chi connectivity index (χ1) is 11.8. The number of anilines is 1. The fourth-order valence-corrected chi connectivity index (χ4v) is 3.18. The second-order valence-electron chi connectivity index (χ2n) is 6.35. The molecule has 4 rings (SSSR count). The van der Waals surface area contributed by atoms with Gasteiger partial charge in [0, 0.05) is 38.0 Å². The molecule has 0 N–H and O–H groups in total. The summed E-state index contributed by atoms with van der Waals surface area (Å²) in [4.78, 5) is 1.59. The summed E-state index contributed by atoms with van der Waals surface area (Å²) in [5.41, 5.74) is -1.23. The molecule has 25 heavy (non-hydrogen) atoms. The summed E-state index contributed by atoms with van der Waals surface area (Å²) in [5.74, 6) is -3.52. The van der Waals surface area contributed by atoms with Crippen LogP contribution >= 0.6 is 0 Å². The second kappa shape index (κ2) is 5.52. The van der Waals surface area contributed by atoms with Gasteiger partial charge in [0.25, 0.3) is 5.92 Å². The molecule has 136 valence electrons. The summed E-state index contributed by atoms with van der Waals surface area (Å²) in [7, 11) is 0. The van der Waals surface area contributed by atoms with Crippen molar-refractivity contribution in [2.24, 2.45) is 5.92 Å². The monoisotopic (exact) mass is 362 g/mol. The van der Waals surface area contributed by atoms with Crippen molar-refractivity contribution in [2.45, 2.75) is 24.9 Å². The minimum Gasteiger partial charge on any atom is -0.378 e. The fraction of sp³-hybridized carbons (Fsp3) is 0.600. The number of aromatic nitrogens is 3. The smallest absolute Gasteiger partial charge is 0.378 e. The van der Waals surface area contributed by atoms with Crippen molar-refractivity contribution in [3.8, 4) is 0 Å². The highest BCUT2D eigenvalue weighted by atomic mass is 19.4. The SMILES string of the molecule is FC(F)(F)c1c(N2CCOCC2)ccn2c(C[C@@H]3CC3(F)F)nnc12. The van der Waals surface area contributed by atoms with Gasteiger partial charge in [-0.3, -0.25) is 4.40 Å². The first-order valence-corrected chi connectivity index (χ1v) is 7.92. The van der Waals surface area contributed by atoms with E-state index in [0.29, 0.717) is 26.3 Å². The number of pyridine rings is 1. The molecular formula is C15H15F5N4O. The Balaban J connectivity index is 1.77. The van der Waals surface area contributed by atoms with Crippen molar-refractivity contribution in [3.63, 3.8) is 0 Å². The van der Waals surface area contributed by atoms with Crippen LogP contribution in [-0.4, -0.2) is 46.8 Å². The van der Waals surface area contributed by atoms with Crippen LogP contribution in [0.3, 0.4) is 0 Å². The maximum absolute atomic E-state index is 13.7. The number of ether oxygens (including phenoxy) is 1. The summed E-state index contributed by atoms with van der Waals surface area (Å²) >= 11 is 0. The number of rotatable bonds is 3. The van der Waals surface area contributed by atoms with E-state index in [4.69, 9.17) is 4.74 Å². The van der Waals surface area contributed by atoms with Crippen LogP contribution in [0.1, 0.15) is 17.8 Å². The molecule has 1 aliphatic heterocycles. The molecule has 2 aliphatic rings. The van der Waals surface area contributed by atoms with Crippen molar-refractivity contribution < 1.29 is 26.7 Å². The Bertz CT molecular complexity index is 797. The zero-order valence-electron chi connectivity index (χ0n) is 13.1. The van der Waals surface area contributed by atoms with E-state index in [1.54, 1.807) is 4.90 Å². The Kier molecular flexibility index (Phi) is 3.64. The zero-order valence-corrected chi connectivity index (χ0v) is 13.1. The van der Waals surface area contributed by atoms with E-state index in [1.165, 1.54) is 16.7 Å². The number of alkyl halides is 5. The Morgan fingerprint density at radius 3 is 2.48 bits per heavy atom. The molecule has 0 amide bonds. The van der Waals surface area contributed by atoms with Gasteiger partial charge in [0.15, 0.2) is 5.65 Å². The van der Waals surface area contributed by atoms with Crippen LogP contribution < -0.4 is 4.90 Å². The molecule has 2 aromatic heterocycles. The number of hydrogen-bond donors (Lipinski definition) is 0. The molecular weight excluding hydrogens is 347 g/mol. The number of nitrogens with zero attached hydrogens (tertiary/aromatic N) is 4. The summed E-state index contributed by atoms with van der Waals surface area (Å²) in [5, 5.41) is 7.40. The third-order valence-corrected chi connectivity index (χ3v) is 4.65. The molecule has 0 aromatic carbocycles. The first kappa shape index (κ1) is 16.5. The van der Waals surface area contributed by atoms with Gasteiger partial charge in [-0.1, -0.05) is 0 Å². The van der Waals surface area contributed by atoms with Gasteiger partial charge < -0.3 is 9.64 Å². The van der Waals surface area contributed by atoms with Crippen molar-refractivity contribution >= 4 is 11.3 Å². The average molecular weight is 362 g/mol. The molecule has 1 aliphatic carbocycles. The van der Waals surface area contributed by atoms with Crippen LogP contribution in [0.25, 0.3) is 5.65 Å². The molecule has 1 saturated heterocycles. The van der Waals surface area contributed by atoms with Crippen LogP contribution in [0.4, 0.5) is 27.6 Å². The number of hydrogen-bond acceptors (Lipinski definition) is 4. The van der Waals surface area contributed by atoms with E-state index in [-0.39, 0.29) is 30.0 Å². The van der Waals surface area contributed by atoms with Crippen LogP contribution in [-0.2, 0) is 17.3 Å². The molecule has 0 radical (unpaired) electrons. The summed E-state index contributed by atoms with van der Waals surface area (Å²) in [6.45, 7) is 1.37. The van der Waals surface area contributed by atoms with Crippen molar-refractivity contribution in [2.75, 3.05) is 31.2 Å². The Labute approximate surface area is 139 Å². The van der Waals surface area contributed by atoms with Crippen molar-refractivity contribution in [3.05, 3.63) is 23.7 Å². The van der Waals surface area contributed by atoms with E-state index in [2.05, 4.69) is 10.2 Å². The zero-order chi connectivity index (χ0) is 17.8. The van der Waals surface area contributed by atoms with Crippen LogP contribution in [0.15, 0.2) is 12.3 Å². The lowest BCUT2D eigenvalue weighted by molar-refractivity contribution is -0.136. The molecule has 0 spiro atoms. The highest BCUT2D eigenvalue weighted by Gasteiger charge is 2.57. The molecule has 5 nitrogen and oxygen atoms in total. The lowest BCUT2D eigenvalue weighted by Crippen LogP contribution is -2.37. The van der Waals surface area contributed by atoms with Gasteiger partial charge in [-0.2, -0.15) is 13.2 Å². The molecule has 0 bridgehead atoms. The van der Waals surface area contributed by atoms with E-state index in [0.717, 1.165) is 0 Å². The predicted octanol–water partition coefficient (Wildman–Crippen LogP) is 2.78. The quantitative estimate of drug-likeness (QED) is 0.788. The molecule has 3 heterocycles. The molecule has 10 heteroatoms. The summed E-state index contributed by atoms with van der Waals surface area (Å²) < 4.78 is 73.6. The number of morpholine rings is 1. The first-order valence-electron chi connectivity index (χ1n) is 7.92. The maximum Gasteiger partial charge on any atom is 0.422 e.